The summed E-state index contributed by atoms with van der Waals surface area (Å²) in [4.78, 5) is 30.1. The number of phenolic OH excluding ortho intramolecular Hbond substituents is 1. The Kier molecular flexibility index (Phi) is 6.00. The Morgan fingerprint density at radius 2 is 1.91 bits per heavy atom. The molecule has 1 aliphatic carbocycles. The number of carbonyl (C=O) groups excluding carboxylic acids is 2. The van der Waals surface area contributed by atoms with Crippen LogP contribution in [0.1, 0.15) is 57.7 Å². The summed E-state index contributed by atoms with van der Waals surface area (Å²) in [6.45, 7) is 2.32. The highest BCUT2D eigenvalue weighted by molar-refractivity contribution is 6.10. The summed E-state index contributed by atoms with van der Waals surface area (Å²) < 4.78 is 5.83. The van der Waals surface area contributed by atoms with Crippen molar-refractivity contribution in [2.75, 3.05) is 27.2 Å². The van der Waals surface area contributed by atoms with Crippen LogP contribution in [-0.4, -0.2) is 64.0 Å². The van der Waals surface area contributed by atoms with Crippen LogP contribution in [0.4, 0.5) is 0 Å². The topological polar surface area (TPSA) is 98.8 Å². The third-order valence-electron chi connectivity index (χ3n) is 6.86. The lowest BCUT2D eigenvalue weighted by Crippen LogP contribution is -2.25. The molecule has 34 heavy (non-hydrogen) atoms. The number of aromatic hydroxyl groups is 1. The van der Waals surface area contributed by atoms with Gasteiger partial charge in [0.05, 0.1) is 11.1 Å². The third kappa shape index (κ3) is 4.25. The molecule has 0 atom stereocenters. The van der Waals surface area contributed by atoms with E-state index >= 15 is 0 Å². The number of hydrogen-bond donors (Lipinski definition) is 2. The van der Waals surface area contributed by atoms with Gasteiger partial charge < -0.3 is 19.6 Å². The van der Waals surface area contributed by atoms with E-state index in [-0.39, 0.29) is 28.9 Å². The van der Waals surface area contributed by atoms with Crippen molar-refractivity contribution in [3.05, 3.63) is 52.7 Å². The van der Waals surface area contributed by atoms with E-state index in [1.165, 1.54) is 6.07 Å². The van der Waals surface area contributed by atoms with Gasteiger partial charge in [0.15, 0.2) is 5.78 Å². The Morgan fingerprint density at radius 1 is 1.15 bits per heavy atom. The van der Waals surface area contributed by atoms with Crippen molar-refractivity contribution in [3.8, 4) is 11.5 Å². The number of aromatic amines is 1. The summed E-state index contributed by atoms with van der Waals surface area (Å²) in [6.07, 6.45) is 3.87. The number of aromatic nitrogens is 2. The van der Waals surface area contributed by atoms with Crippen LogP contribution in [-0.2, 0) is 13.1 Å². The van der Waals surface area contributed by atoms with Crippen LogP contribution in [0, 0.1) is 5.92 Å². The number of ether oxygens (including phenoxy) is 1. The van der Waals surface area contributed by atoms with E-state index in [0.29, 0.717) is 36.3 Å². The lowest BCUT2D eigenvalue weighted by molar-refractivity contribution is 0.0748. The molecular weight excluding hydrogens is 432 g/mol. The normalized spacial score (nSPS) is 15.9. The SMILES string of the molecule is CN(C)CCOc1ccc2c(c1)CN(C(=O)c1cc3c(C(=O)C4CCCC4)n[nH]c3cc1O)C2. The van der Waals surface area contributed by atoms with Crippen LogP contribution in [0.25, 0.3) is 10.9 Å². The number of phenols is 1. The fourth-order valence-electron chi connectivity index (χ4n) is 4.91. The van der Waals surface area contributed by atoms with Gasteiger partial charge in [-0.1, -0.05) is 18.9 Å². The van der Waals surface area contributed by atoms with Crippen LogP contribution >= 0.6 is 0 Å². The van der Waals surface area contributed by atoms with Crippen LogP contribution in [0.2, 0.25) is 0 Å². The molecule has 2 aromatic carbocycles. The number of Topliss-reactive ketones (excluding diaryl/α,β-unsaturated/α-hetero) is 1. The Labute approximate surface area is 198 Å². The van der Waals surface area contributed by atoms with E-state index in [9.17, 15) is 14.7 Å². The predicted octanol–water partition coefficient (Wildman–Crippen LogP) is 3.74. The van der Waals surface area contributed by atoms with Crippen molar-refractivity contribution >= 4 is 22.6 Å². The molecule has 1 amide bonds. The number of fused-ring (bicyclic) bond motifs is 2. The summed E-state index contributed by atoms with van der Waals surface area (Å²) in [5, 5.41) is 18.3. The van der Waals surface area contributed by atoms with Crippen molar-refractivity contribution in [1.82, 2.24) is 20.0 Å². The number of hydrogen-bond acceptors (Lipinski definition) is 6. The molecule has 0 spiro atoms. The minimum absolute atomic E-state index is 0.0123. The summed E-state index contributed by atoms with van der Waals surface area (Å²) in [6, 6.07) is 9.00. The zero-order valence-corrected chi connectivity index (χ0v) is 19.6. The first-order valence-corrected chi connectivity index (χ1v) is 11.8. The van der Waals surface area contributed by atoms with Gasteiger partial charge in [-0.15, -0.1) is 0 Å². The number of carbonyl (C=O) groups is 2. The summed E-state index contributed by atoms with van der Waals surface area (Å²) in [5.74, 6) is 0.397. The number of nitrogens with zero attached hydrogens (tertiary/aromatic N) is 3. The maximum absolute atomic E-state index is 13.4. The number of H-pyrrole nitrogens is 1. The third-order valence-corrected chi connectivity index (χ3v) is 6.86. The van der Waals surface area contributed by atoms with Crippen LogP contribution in [0.15, 0.2) is 30.3 Å². The second-order valence-electron chi connectivity index (χ2n) is 9.58. The Bertz CT molecular complexity index is 1240. The van der Waals surface area contributed by atoms with Crippen molar-refractivity contribution in [2.24, 2.45) is 5.92 Å². The first kappa shape index (κ1) is 22.4. The highest BCUT2D eigenvalue weighted by Crippen LogP contribution is 2.34. The first-order chi connectivity index (χ1) is 16.4. The van der Waals surface area contributed by atoms with Gasteiger partial charge in [0, 0.05) is 37.0 Å². The number of benzene rings is 2. The summed E-state index contributed by atoms with van der Waals surface area (Å²) in [7, 11) is 4.00. The minimum Gasteiger partial charge on any atom is -0.507 e. The molecule has 2 N–H and O–H groups in total. The van der Waals surface area contributed by atoms with Gasteiger partial charge in [0.1, 0.15) is 23.8 Å². The van der Waals surface area contributed by atoms with Crippen molar-refractivity contribution in [2.45, 2.75) is 38.8 Å². The molecule has 0 bridgehead atoms. The number of likely N-dealkylation sites (N-methyl/N-ethyl adjacent to an activating group) is 1. The Balaban J connectivity index is 1.36. The highest BCUT2D eigenvalue weighted by Gasteiger charge is 2.30. The predicted molar refractivity (Wildman–Crippen MR) is 128 cm³/mol. The lowest BCUT2D eigenvalue weighted by Gasteiger charge is -2.16. The van der Waals surface area contributed by atoms with Gasteiger partial charge in [-0.2, -0.15) is 5.10 Å². The van der Waals surface area contributed by atoms with Crippen LogP contribution < -0.4 is 4.74 Å². The Morgan fingerprint density at radius 3 is 2.68 bits per heavy atom. The molecule has 2 aliphatic rings. The van der Waals surface area contributed by atoms with E-state index in [4.69, 9.17) is 4.74 Å². The first-order valence-electron chi connectivity index (χ1n) is 11.8. The number of amides is 1. The molecule has 0 unspecified atom stereocenters. The molecule has 0 radical (unpaired) electrons. The standard InChI is InChI=1S/C26H30N4O4/c1-29(2)9-10-34-19-8-7-17-14-30(15-18(17)11-19)26(33)21-12-20-22(13-23(21)31)27-28-24(20)25(32)16-5-3-4-6-16/h7-8,11-13,16,31H,3-6,9-10,14-15H2,1-2H3,(H,27,28). The highest BCUT2D eigenvalue weighted by atomic mass is 16.5. The fourth-order valence-corrected chi connectivity index (χ4v) is 4.91. The zero-order valence-electron chi connectivity index (χ0n) is 19.6. The number of nitrogens with one attached hydrogen (secondary N) is 1. The monoisotopic (exact) mass is 462 g/mol. The molecule has 8 heteroatoms. The molecule has 1 aromatic heterocycles. The van der Waals surface area contributed by atoms with Gasteiger partial charge >= 0.3 is 0 Å². The van der Waals surface area contributed by atoms with Crippen molar-refractivity contribution in [1.29, 1.82) is 0 Å². The number of ketones is 1. The second kappa shape index (κ2) is 9.10. The van der Waals surface area contributed by atoms with Crippen LogP contribution in [0.5, 0.6) is 11.5 Å². The lowest BCUT2D eigenvalue weighted by atomic mass is 9.97. The molecule has 5 rings (SSSR count). The smallest absolute Gasteiger partial charge is 0.258 e. The average molecular weight is 463 g/mol. The molecule has 1 saturated carbocycles. The van der Waals surface area contributed by atoms with Gasteiger partial charge in [0.2, 0.25) is 0 Å². The largest absolute Gasteiger partial charge is 0.507 e. The molecular formula is C26H30N4O4. The van der Waals surface area contributed by atoms with E-state index in [1.807, 2.05) is 32.3 Å². The average Bonchev–Trinajstić information content (AvgIpc) is 3.56. The second-order valence-corrected chi connectivity index (χ2v) is 9.58. The maximum Gasteiger partial charge on any atom is 0.258 e. The zero-order chi connectivity index (χ0) is 23.8. The Hall–Kier alpha value is -3.39. The molecule has 2 heterocycles. The quantitative estimate of drug-likeness (QED) is 0.519. The van der Waals surface area contributed by atoms with Gasteiger partial charge in [0.25, 0.3) is 5.91 Å². The van der Waals surface area contributed by atoms with E-state index in [1.54, 1.807) is 11.0 Å². The van der Waals surface area contributed by atoms with Crippen LogP contribution in [0.3, 0.4) is 0 Å². The molecule has 1 fully saturated rings. The molecule has 8 nitrogen and oxygen atoms in total. The molecule has 1 aliphatic heterocycles. The summed E-state index contributed by atoms with van der Waals surface area (Å²) >= 11 is 0. The maximum atomic E-state index is 13.4. The molecule has 3 aromatic rings. The van der Waals surface area contributed by atoms with Crippen molar-refractivity contribution < 1.29 is 19.4 Å². The minimum atomic E-state index is -0.272. The molecule has 178 valence electrons. The van der Waals surface area contributed by atoms with E-state index in [0.717, 1.165) is 49.1 Å². The van der Waals surface area contributed by atoms with E-state index in [2.05, 4.69) is 15.1 Å². The van der Waals surface area contributed by atoms with Gasteiger partial charge in [-0.25, -0.2) is 0 Å². The summed E-state index contributed by atoms with van der Waals surface area (Å²) in [5.41, 5.74) is 3.20. The van der Waals surface area contributed by atoms with Crippen molar-refractivity contribution in [3.63, 3.8) is 0 Å². The van der Waals surface area contributed by atoms with E-state index < -0.39 is 0 Å². The van der Waals surface area contributed by atoms with Gasteiger partial charge in [-0.3, -0.25) is 14.7 Å². The van der Waals surface area contributed by atoms with Gasteiger partial charge in [-0.05, 0) is 56.3 Å². The molecule has 0 saturated heterocycles. The number of rotatable bonds is 7. The fraction of sp³-hybridized carbons (Fsp3) is 0.423.